The molecule has 3 saturated carbocycles. The average molecular weight is 528 g/mol. The predicted octanol–water partition coefficient (Wildman–Crippen LogP) is 5.94. The number of piperidine rings is 1. The first-order chi connectivity index (χ1) is 18.2. The van der Waals surface area contributed by atoms with E-state index in [1.807, 2.05) is 30.3 Å². The normalized spacial score (nSPS) is 46.9. The minimum atomic E-state index is -0.944. The maximum Gasteiger partial charge on any atom is 0.252 e. The lowest BCUT2D eigenvalue weighted by molar-refractivity contribution is -0.222. The van der Waals surface area contributed by atoms with Crippen LogP contribution in [0.2, 0.25) is 0 Å². The van der Waals surface area contributed by atoms with Crippen LogP contribution in [0.3, 0.4) is 0 Å². The zero-order valence-corrected chi connectivity index (χ0v) is 23.4. The summed E-state index contributed by atoms with van der Waals surface area (Å²) in [4.78, 5) is 15.9. The van der Waals surface area contributed by atoms with Gasteiger partial charge in [0.15, 0.2) is 0 Å². The van der Waals surface area contributed by atoms with Crippen LogP contribution in [0, 0.1) is 28.6 Å². The predicted molar refractivity (Wildman–Crippen MR) is 144 cm³/mol. The number of amides is 1. The number of carbonyl (C=O) groups excluding carboxylic acids is 1. The van der Waals surface area contributed by atoms with E-state index in [-0.39, 0.29) is 35.0 Å². The Kier molecular flexibility index (Phi) is 6.82. The zero-order valence-electron chi connectivity index (χ0n) is 23.4. The first-order valence-electron chi connectivity index (χ1n) is 15.1. The molecule has 0 radical (unpaired) electrons. The van der Waals surface area contributed by atoms with Gasteiger partial charge in [-0.25, -0.2) is 4.39 Å². The molecule has 1 N–H and O–H groups in total. The van der Waals surface area contributed by atoms with Gasteiger partial charge in [-0.15, -0.1) is 0 Å². The summed E-state index contributed by atoms with van der Waals surface area (Å²) in [6, 6.07) is 9.98. The highest BCUT2D eigenvalue weighted by atomic mass is 19.1. The molecule has 0 aromatic heterocycles. The number of alkyl halides is 1. The molecule has 1 aromatic carbocycles. The Balaban J connectivity index is 1.25. The van der Waals surface area contributed by atoms with Crippen LogP contribution >= 0.6 is 0 Å². The summed E-state index contributed by atoms with van der Waals surface area (Å²) in [5.41, 5.74) is -0.200. The lowest BCUT2D eigenvalue weighted by atomic mass is 9.40. The SMILES string of the molecule is C[C@]12CC[C@H]3[C@@H](CC[C@@]4(C)[C@@H](Oc5ccccc5)[C@@H](O)CC[C@]34C)[C@@H]1CCCN2C(=O)[C@H]1CC[C@@H](F)CO1. The third-order valence-electron chi connectivity index (χ3n) is 12.1. The van der Waals surface area contributed by atoms with E-state index in [0.29, 0.717) is 30.6 Å². The van der Waals surface area contributed by atoms with Crippen molar-refractivity contribution in [3.05, 3.63) is 30.3 Å². The minimum Gasteiger partial charge on any atom is -0.487 e. The van der Waals surface area contributed by atoms with Crippen molar-refractivity contribution < 1.29 is 23.8 Å². The number of fused-ring (bicyclic) bond motifs is 5. The van der Waals surface area contributed by atoms with Gasteiger partial charge in [-0.2, -0.15) is 0 Å². The van der Waals surface area contributed by atoms with Gasteiger partial charge in [-0.05, 0) is 106 Å². The molecule has 1 aromatic rings. The summed E-state index contributed by atoms with van der Waals surface area (Å²) in [5.74, 6) is 2.52. The molecule has 6 heteroatoms. The monoisotopic (exact) mass is 527 g/mol. The third-order valence-corrected chi connectivity index (χ3v) is 12.1. The van der Waals surface area contributed by atoms with Crippen LogP contribution in [0.4, 0.5) is 4.39 Å². The summed E-state index contributed by atoms with van der Waals surface area (Å²) >= 11 is 0. The fraction of sp³-hybridized carbons (Fsp3) is 0.781. The molecule has 5 aliphatic rings. The molecule has 6 rings (SSSR count). The highest BCUT2D eigenvalue weighted by molar-refractivity contribution is 5.82. The van der Waals surface area contributed by atoms with E-state index in [0.717, 1.165) is 57.2 Å². The standard InChI is InChI=1S/C32H46FNO4/c1-30-17-15-26(35)28(38-22-8-5-4-6-9-22)31(30,2)16-13-23-24(30)14-18-32(3)25(23)10-7-19-34(32)29(36)27-12-11-21(33)20-37-27/h4-6,8-9,21,23-28,35H,7,10-20H2,1-3H3/t21-,23-,24+,25+,26+,27-,28+,30-,31+,32+/m1/s1. The second-order valence-electron chi connectivity index (χ2n) is 13.7. The molecule has 5 fully saturated rings. The van der Waals surface area contributed by atoms with E-state index < -0.39 is 18.4 Å². The Hall–Kier alpha value is -1.66. The molecule has 210 valence electrons. The van der Waals surface area contributed by atoms with Crippen LogP contribution < -0.4 is 4.74 Å². The molecular formula is C32H46FNO4. The van der Waals surface area contributed by atoms with Gasteiger partial charge < -0.3 is 19.5 Å². The van der Waals surface area contributed by atoms with Crippen molar-refractivity contribution >= 4 is 5.91 Å². The number of likely N-dealkylation sites (tertiary alicyclic amines) is 1. The number of halogens is 1. The first-order valence-corrected chi connectivity index (χ1v) is 15.1. The van der Waals surface area contributed by atoms with E-state index in [1.165, 1.54) is 6.42 Å². The highest BCUT2D eigenvalue weighted by Crippen LogP contribution is 2.68. The van der Waals surface area contributed by atoms with E-state index in [2.05, 4.69) is 25.7 Å². The molecular weight excluding hydrogens is 481 g/mol. The Morgan fingerprint density at radius 2 is 1.74 bits per heavy atom. The zero-order chi connectivity index (χ0) is 26.7. The van der Waals surface area contributed by atoms with E-state index in [4.69, 9.17) is 9.47 Å². The lowest BCUT2D eigenvalue weighted by Gasteiger charge is -2.68. The highest BCUT2D eigenvalue weighted by Gasteiger charge is 2.66. The van der Waals surface area contributed by atoms with Crippen LogP contribution in [0.1, 0.15) is 85.0 Å². The molecule has 0 unspecified atom stereocenters. The van der Waals surface area contributed by atoms with Gasteiger partial charge >= 0.3 is 0 Å². The van der Waals surface area contributed by atoms with Crippen LogP contribution in [0.5, 0.6) is 5.75 Å². The Morgan fingerprint density at radius 1 is 0.974 bits per heavy atom. The van der Waals surface area contributed by atoms with Gasteiger partial charge in [0.05, 0.1) is 12.7 Å². The first kappa shape index (κ1) is 26.6. The molecule has 2 heterocycles. The number of rotatable bonds is 3. The number of ether oxygens (including phenoxy) is 2. The van der Waals surface area contributed by atoms with Crippen molar-refractivity contribution in [1.82, 2.24) is 4.90 Å². The fourth-order valence-corrected chi connectivity index (χ4v) is 9.81. The quantitative estimate of drug-likeness (QED) is 0.529. The van der Waals surface area contributed by atoms with Crippen LogP contribution in [0.25, 0.3) is 0 Å². The third kappa shape index (κ3) is 4.03. The van der Waals surface area contributed by atoms with Crippen LogP contribution in [0.15, 0.2) is 30.3 Å². The number of benzene rings is 1. The molecule has 2 saturated heterocycles. The van der Waals surface area contributed by atoms with Crippen LogP contribution in [-0.4, -0.2) is 59.1 Å². The van der Waals surface area contributed by atoms with E-state index in [9.17, 15) is 14.3 Å². The molecule has 3 aliphatic carbocycles. The summed E-state index contributed by atoms with van der Waals surface area (Å²) in [6.07, 6.45) is 7.04. The van der Waals surface area contributed by atoms with Gasteiger partial charge in [0, 0.05) is 17.5 Å². The number of aliphatic hydroxyl groups excluding tert-OH is 1. The molecule has 5 nitrogen and oxygen atoms in total. The largest absolute Gasteiger partial charge is 0.487 e. The Bertz CT molecular complexity index is 1010. The summed E-state index contributed by atoms with van der Waals surface area (Å²) in [7, 11) is 0. The molecule has 0 bridgehead atoms. The number of para-hydroxylation sites is 1. The number of hydrogen-bond acceptors (Lipinski definition) is 4. The Morgan fingerprint density at radius 3 is 2.47 bits per heavy atom. The number of carbonyl (C=O) groups is 1. The van der Waals surface area contributed by atoms with Crippen molar-refractivity contribution in [3.8, 4) is 5.75 Å². The summed E-state index contributed by atoms with van der Waals surface area (Å²) < 4.78 is 26.0. The molecule has 0 spiro atoms. The van der Waals surface area contributed by atoms with Gasteiger partial charge in [0.25, 0.3) is 5.91 Å². The molecule has 38 heavy (non-hydrogen) atoms. The second-order valence-corrected chi connectivity index (χ2v) is 13.7. The van der Waals surface area contributed by atoms with Crippen molar-refractivity contribution in [1.29, 1.82) is 0 Å². The van der Waals surface area contributed by atoms with Crippen molar-refractivity contribution in [3.63, 3.8) is 0 Å². The number of nitrogens with zero attached hydrogens (tertiary/aromatic N) is 1. The van der Waals surface area contributed by atoms with E-state index in [1.54, 1.807) is 0 Å². The summed E-state index contributed by atoms with van der Waals surface area (Å²) in [6.45, 7) is 8.02. The Labute approximate surface area is 227 Å². The molecule has 1 amide bonds. The number of aliphatic hydroxyl groups is 1. The van der Waals surface area contributed by atoms with Gasteiger partial charge in [-0.3, -0.25) is 4.79 Å². The average Bonchev–Trinajstić information content (AvgIpc) is 2.92. The van der Waals surface area contributed by atoms with Crippen molar-refractivity contribution in [2.24, 2.45) is 28.6 Å². The van der Waals surface area contributed by atoms with Crippen molar-refractivity contribution in [2.75, 3.05) is 13.2 Å². The lowest BCUT2D eigenvalue weighted by Crippen LogP contribution is -2.69. The smallest absolute Gasteiger partial charge is 0.252 e. The second kappa shape index (κ2) is 9.76. The van der Waals surface area contributed by atoms with E-state index >= 15 is 0 Å². The molecule has 10 atom stereocenters. The van der Waals surface area contributed by atoms with Crippen LogP contribution in [-0.2, 0) is 9.53 Å². The van der Waals surface area contributed by atoms with Gasteiger partial charge in [0.2, 0.25) is 0 Å². The van der Waals surface area contributed by atoms with Crippen molar-refractivity contribution in [2.45, 2.75) is 115 Å². The minimum absolute atomic E-state index is 0.0457. The van der Waals surface area contributed by atoms with Gasteiger partial charge in [0.1, 0.15) is 24.1 Å². The maximum atomic E-state index is 13.7. The van der Waals surface area contributed by atoms with Gasteiger partial charge in [-0.1, -0.05) is 32.0 Å². The summed E-state index contributed by atoms with van der Waals surface area (Å²) in [5, 5.41) is 11.2. The fourth-order valence-electron chi connectivity index (χ4n) is 9.81. The number of hydrogen-bond donors (Lipinski definition) is 1. The molecule has 2 aliphatic heterocycles. The topological polar surface area (TPSA) is 59.0 Å². The maximum absolute atomic E-state index is 13.7.